The molecule has 2 unspecified atom stereocenters. The molecule has 2 atom stereocenters. The first kappa shape index (κ1) is 15.1. The summed E-state index contributed by atoms with van der Waals surface area (Å²) >= 11 is 11.9. The Labute approximate surface area is 123 Å². The first-order chi connectivity index (χ1) is 8.96. The van der Waals surface area contributed by atoms with Crippen molar-refractivity contribution in [2.24, 2.45) is 0 Å². The molecular formula is C14H19Cl2NO2. The monoisotopic (exact) mass is 303 g/mol. The molecule has 2 N–H and O–H groups in total. The molecule has 1 aliphatic rings. The lowest BCUT2D eigenvalue weighted by molar-refractivity contribution is 0.00651. The lowest BCUT2D eigenvalue weighted by Crippen LogP contribution is -2.46. The van der Waals surface area contributed by atoms with Gasteiger partial charge in [-0.2, -0.15) is 0 Å². The van der Waals surface area contributed by atoms with Gasteiger partial charge in [0, 0.05) is 19.0 Å². The van der Waals surface area contributed by atoms with E-state index in [4.69, 9.17) is 27.9 Å². The fraction of sp³-hybridized carbons (Fsp3) is 0.571. The van der Waals surface area contributed by atoms with E-state index in [1.807, 2.05) is 19.1 Å². The molecule has 1 aliphatic heterocycles. The Balaban J connectivity index is 1.96. The number of ether oxygens (including phenoxy) is 1. The second kappa shape index (κ2) is 6.42. The maximum Gasteiger partial charge on any atom is 0.0675 e. The van der Waals surface area contributed by atoms with Crippen molar-refractivity contribution in [2.75, 3.05) is 19.8 Å². The van der Waals surface area contributed by atoms with E-state index in [-0.39, 0.29) is 6.04 Å². The Morgan fingerprint density at radius 2 is 2.21 bits per heavy atom. The van der Waals surface area contributed by atoms with Crippen LogP contribution in [-0.4, -0.2) is 36.5 Å². The van der Waals surface area contributed by atoms with Crippen LogP contribution in [0.15, 0.2) is 18.2 Å². The fourth-order valence-corrected chi connectivity index (χ4v) is 2.76. The molecule has 1 aromatic carbocycles. The number of rotatable bonds is 4. The van der Waals surface area contributed by atoms with Crippen LogP contribution in [0.4, 0.5) is 0 Å². The molecule has 1 heterocycles. The van der Waals surface area contributed by atoms with Crippen molar-refractivity contribution in [1.82, 2.24) is 5.32 Å². The predicted octanol–water partition coefficient (Wildman–Crippen LogP) is 2.67. The Morgan fingerprint density at radius 1 is 1.42 bits per heavy atom. The summed E-state index contributed by atoms with van der Waals surface area (Å²) in [7, 11) is 0. The third-order valence-corrected chi connectivity index (χ3v) is 3.99. The zero-order valence-corrected chi connectivity index (χ0v) is 12.5. The van der Waals surface area contributed by atoms with Crippen LogP contribution < -0.4 is 5.32 Å². The lowest BCUT2D eigenvalue weighted by Gasteiger charge is -2.31. The summed E-state index contributed by atoms with van der Waals surface area (Å²) in [5.41, 5.74) is 0.186. The molecule has 19 heavy (non-hydrogen) atoms. The summed E-state index contributed by atoms with van der Waals surface area (Å²) in [6.07, 6.45) is 1.19. The van der Waals surface area contributed by atoms with E-state index in [9.17, 15) is 5.11 Å². The number of hydrogen-bond donors (Lipinski definition) is 2. The normalized spacial score (nSPS) is 23.1. The van der Waals surface area contributed by atoms with Crippen molar-refractivity contribution in [3.8, 4) is 0 Å². The van der Waals surface area contributed by atoms with Crippen LogP contribution in [0, 0.1) is 0 Å². The van der Waals surface area contributed by atoms with Crippen LogP contribution in [0.25, 0.3) is 0 Å². The summed E-state index contributed by atoms with van der Waals surface area (Å²) in [6.45, 7) is 4.07. The fourth-order valence-electron chi connectivity index (χ4n) is 2.44. The van der Waals surface area contributed by atoms with Crippen LogP contribution in [-0.2, 0) is 11.2 Å². The maximum absolute atomic E-state index is 10.5. The molecule has 0 aromatic heterocycles. The standard InChI is InChI=1S/C14H19Cl2NO2/c1-14(18,8-11-9-19-5-4-17-11)7-10-2-3-12(15)13(16)6-10/h2-3,6,11,17-18H,4-5,7-9H2,1H3. The summed E-state index contributed by atoms with van der Waals surface area (Å²) in [4.78, 5) is 0. The highest BCUT2D eigenvalue weighted by molar-refractivity contribution is 6.42. The highest BCUT2D eigenvalue weighted by Crippen LogP contribution is 2.26. The van der Waals surface area contributed by atoms with Gasteiger partial charge in [0.1, 0.15) is 0 Å². The quantitative estimate of drug-likeness (QED) is 0.898. The Hall–Kier alpha value is -0.320. The van der Waals surface area contributed by atoms with Gasteiger partial charge >= 0.3 is 0 Å². The number of hydrogen-bond acceptors (Lipinski definition) is 3. The van der Waals surface area contributed by atoms with Crippen LogP contribution in [0.5, 0.6) is 0 Å². The van der Waals surface area contributed by atoms with Gasteiger partial charge in [0.15, 0.2) is 0 Å². The van der Waals surface area contributed by atoms with E-state index in [0.717, 1.165) is 18.7 Å². The average molecular weight is 304 g/mol. The number of aliphatic hydroxyl groups is 1. The maximum atomic E-state index is 10.5. The van der Waals surface area contributed by atoms with Gasteiger partial charge in [-0.1, -0.05) is 29.3 Å². The van der Waals surface area contributed by atoms with E-state index < -0.39 is 5.60 Å². The zero-order chi connectivity index (χ0) is 13.9. The highest BCUT2D eigenvalue weighted by atomic mass is 35.5. The number of nitrogens with one attached hydrogen (secondary N) is 1. The predicted molar refractivity (Wildman–Crippen MR) is 78.0 cm³/mol. The molecule has 2 rings (SSSR count). The van der Waals surface area contributed by atoms with Crippen LogP contribution in [0.1, 0.15) is 18.9 Å². The summed E-state index contributed by atoms with van der Waals surface area (Å²) in [6, 6.07) is 5.67. The zero-order valence-electron chi connectivity index (χ0n) is 11.0. The summed E-state index contributed by atoms with van der Waals surface area (Å²) < 4.78 is 5.40. The number of morpholine rings is 1. The molecular weight excluding hydrogens is 285 g/mol. The molecule has 1 aromatic rings. The average Bonchev–Trinajstić information content (AvgIpc) is 2.34. The topological polar surface area (TPSA) is 41.5 Å². The lowest BCUT2D eigenvalue weighted by atomic mass is 9.90. The molecule has 0 spiro atoms. The number of benzene rings is 1. The first-order valence-corrected chi connectivity index (χ1v) is 7.19. The van der Waals surface area contributed by atoms with Crippen molar-refractivity contribution in [1.29, 1.82) is 0 Å². The molecule has 106 valence electrons. The van der Waals surface area contributed by atoms with Crippen molar-refractivity contribution in [3.63, 3.8) is 0 Å². The molecule has 0 radical (unpaired) electrons. The van der Waals surface area contributed by atoms with Gasteiger partial charge in [-0.3, -0.25) is 0 Å². The van der Waals surface area contributed by atoms with Crippen LogP contribution >= 0.6 is 23.2 Å². The minimum Gasteiger partial charge on any atom is -0.390 e. The van der Waals surface area contributed by atoms with E-state index in [2.05, 4.69) is 5.32 Å². The first-order valence-electron chi connectivity index (χ1n) is 6.44. The number of halogens is 2. The van der Waals surface area contributed by atoms with E-state index in [1.54, 1.807) is 6.07 Å². The molecule has 0 bridgehead atoms. The van der Waals surface area contributed by atoms with E-state index in [0.29, 0.717) is 29.5 Å². The van der Waals surface area contributed by atoms with Crippen molar-refractivity contribution < 1.29 is 9.84 Å². The van der Waals surface area contributed by atoms with E-state index in [1.165, 1.54) is 0 Å². The van der Waals surface area contributed by atoms with Gasteiger partial charge in [0.05, 0.1) is 28.9 Å². The van der Waals surface area contributed by atoms with Crippen molar-refractivity contribution >= 4 is 23.2 Å². The Morgan fingerprint density at radius 3 is 2.84 bits per heavy atom. The molecule has 5 heteroatoms. The van der Waals surface area contributed by atoms with Crippen molar-refractivity contribution in [3.05, 3.63) is 33.8 Å². The molecule has 1 saturated heterocycles. The van der Waals surface area contributed by atoms with Gasteiger partial charge in [-0.15, -0.1) is 0 Å². The van der Waals surface area contributed by atoms with E-state index >= 15 is 0 Å². The second-order valence-electron chi connectivity index (χ2n) is 5.35. The Kier molecular flexibility index (Phi) is 5.09. The van der Waals surface area contributed by atoms with Crippen molar-refractivity contribution in [2.45, 2.75) is 31.4 Å². The summed E-state index contributed by atoms with van der Waals surface area (Å²) in [5.74, 6) is 0. The summed E-state index contributed by atoms with van der Waals surface area (Å²) in [5, 5.41) is 14.9. The van der Waals surface area contributed by atoms with Gasteiger partial charge in [-0.25, -0.2) is 0 Å². The molecule has 1 fully saturated rings. The van der Waals surface area contributed by atoms with Crippen LogP contribution in [0.3, 0.4) is 0 Å². The van der Waals surface area contributed by atoms with Crippen LogP contribution in [0.2, 0.25) is 10.0 Å². The van der Waals surface area contributed by atoms with Gasteiger partial charge in [0.25, 0.3) is 0 Å². The third kappa shape index (κ3) is 4.62. The molecule has 0 aliphatic carbocycles. The largest absolute Gasteiger partial charge is 0.390 e. The molecule has 0 saturated carbocycles. The van der Waals surface area contributed by atoms with Gasteiger partial charge in [0.2, 0.25) is 0 Å². The third-order valence-electron chi connectivity index (χ3n) is 3.25. The second-order valence-corrected chi connectivity index (χ2v) is 6.17. The molecule has 3 nitrogen and oxygen atoms in total. The highest BCUT2D eigenvalue weighted by Gasteiger charge is 2.27. The minimum absolute atomic E-state index is 0.200. The Bertz CT molecular complexity index is 431. The van der Waals surface area contributed by atoms with Gasteiger partial charge < -0.3 is 15.2 Å². The minimum atomic E-state index is -0.796. The SMILES string of the molecule is CC(O)(Cc1ccc(Cl)c(Cl)c1)CC1COCCN1. The van der Waals surface area contributed by atoms with Gasteiger partial charge in [-0.05, 0) is 31.0 Å². The molecule has 0 amide bonds. The smallest absolute Gasteiger partial charge is 0.0675 e.